The van der Waals surface area contributed by atoms with Crippen LogP contribution in [0.3, 0.4) is 0 Å². The molecule has 0 aliphatic heterocycles. The topological polar surface area (TPSA) is 106 Å². The van der Waals surface area contributed by atoms with E-state index in [4.69, 9.17) is 30.2 Å². The lowest BCUT2D eigenvalue weighted by Crippen LogP contribution is -2.70. The molecule has 2 fully saturated rings. The van der Waals surface area contributed by atoms with Gasteiger partial charge in [-0.05, 0) is 45.3 Å². The van der Waals surface area contributed by atoms with E-state index in [2.05, 4.69) is 19.6 Å². The SMILES string of the molecule is CO[Si](OC)(O[Si](C)(C)C)C1(C2(C(N)(N)N)CC2)CC1. The molecule has 0 aromatic heterocycles. The van der Waals surface area contributed by atoms with Crippen LogP contribution < -0.4 is 17.2 Å². The third kappa shape index (κ3) is 2.22. The van der Waals surface area contributed by atoms with E-state index in [9.17, 15) is 0 Å². The Morgan fingerprint density at radius 3 is 1.55 bits per heavy atom. The Bertz CT molecular complexity index is 380. The zero-order valence-corrected chi connectivity index (χ0v) is 15.3. The highest BCUT2D eigenvalue weighted by Gasteiger charge is 2.83. The van der Waals surface area contributed by atoms with Crippen molar-refractivity contribution >= 4 is 17.1 Å². The molecule has 0 bridgehead atoms. The van der Waals surface area contributed by atoms with Crippen LogP contribution >= 0.6 is 0 Å². The summed E-state index contributed by atoms with van der Waals surface area (Å²) in [5.74, 6) is -1.21. The van der Waals surface area contributed by atoms with Crippen molar-refractivity contribution in [3.63, 3.8) is 0 Å². The number of rotatable bonds is 7. The van der Waals surface area contributed by atoms with Crippen LogP contribution in [0.25, 0.3) is 0 Å². The minimum Gasteiger partial charge on any atom is -0.416 e. The molecule has 0 radical (unpaired) electrons. The number of hydrogen-bond acceptors (Lipinski definition) is 6. The fourth-order valence-corrected chi connectivity index (χ4v) is 11.1. The molecule has 0 aromatic rings. The van der Waals surface area contributed by atoms with Gasteiger partial charge in [0, 0.05) is 24.7 Å². The maximum Gasteiger partial charge on any atom is 0.497 e. The van der Waals surface area contributed by atoms with Crippen LogP contribution in [-0.2, 0) is 13.0 Å². The first-order chi connectivity index (χ1) is 8.99. The van der Waals surface area contributed by atoms with Crippen molar-refractivity contribution in [1.82, 2.24) is 0 Å². The Balaban J connectivity index is 2.40. The molecule has 6 N–H and O–H groups in total. The first-order valence-electron chi connectivity index (χ1n) is 7.16. The number of hydrogen-bond donors (Lipinski definition) is 3. The van der Waals surface area contributed by atoms with Gasteiger partial charge in [0.15, 0.2) is 8.32 Å². The quantitative estimate of drug-likeness (QED) is 0.476. The van der Waals surface area contributed by atoms with Crippen molar-refractivity contribution in [3.8, 4) is 0 Å². The van der Waals surface area contributed by atoms with E-state index in [1.807, 2.05) is 0 Å². The highest BCUT2D eigenvalue weighted by Crippen LogP contribution is 2.81. The Morgan fingerprint density at radius 1 is 0.900 bits per heavy atom. The van der Waals surface area contributed by atoms with E-state index in [-0.39, 0.29) is 10.5 Å². The summed E-state index contributed by atoms with van der Waals surface area (Å²) in [6.45, 7) is 6.43. The van der Waals surface area contributed by atoms with Crippen LogP contribution in [0.4, 0.5) is 0 Å². The molecule has 2 saturated carbocycles. The summed E-state index contributed by atoms with van der Waals surface area (Å²) >= 11 is 0. The Morgan fingerprint density at radius 2 is 1.35 bits per heavy atom. The summed E-state index contributed by atoms with van der Waals surface area (Å²) in [5.41, 5.74) is 18.0. The largest absolute Gasteiger partial charge is 0.497 e. The molecule has 0 atom stereocenters. The Hall–Kier alpha value is 0.194. The molecule has 0 spiro atoms. The minimum atomic E-state index is -2.86. The van der Waals surface area contributed by atoms with Gasteiger partial charge in [0.1, 0.15) is 5.79 Å². The maximum atomic E-state index is 6.44. The summed E-state index contributed by atoms with van der Waals surface area (Å²) in [7, 11) is -1.33. The van der Waals surface area contributed by atoms with Crippen LogP contribution in [0.1, 0.15) is 25.7 Å². The van der Waals surface area contributed by atoms with E-state index in [1.165, 1.54) is 0 Å². The molecular formula is C12H29N3O3Si2. The molecule has 2 aliphatic rings. The third-order valence-corrected chi connectivity index (χ3v) is 11.6. The number of nitrogens with two attached hydrogens (primary N) is 3. The van der Waals surface area contributed by atoms with Gasteiger partial charge in [0.05, 0.1) is 0 Å². The molecule has 0 amide bonds. The van der Waals surface area contributed by atoms with Crippen LogP contribution in [-0.4, -0.2) is 37.1 Å². The lowest BCUT2D eigenvalue weighted by Gasteiger charge is -2.46. The van der Waals surface area contributed by atoms with Gasteiger partial charge in [-0.3, -0.25) is 0 Å². The molecular weight excluding hydrogens is 290 g/mol. The van der Waals surface area contributed by atoms with Gasteiger partial charge >= 0.3 is 8.80 Å². The van der Waals surface area contributed by atoms with Crippen molar-refractivity contribution in [2.24, 2.45) is 22.6 Å². The van der Waals surface area contributed by atoms with Gasteiger partial charge < -0.3 is 30.2 Å². The predicted molar refractivity (Wildman–Crippen MR) is 83.1 cm³/mol. The average molecular weight is 320 g/mol. The van der Waals surface area contributed by atoms with Crippen molar-refractivity contribution < 1.29 is 13.0 Å². The van der Waals surface area contributed by atoms with Gasteiger partial charge in [-0.15, -0.1) is 0 Å². The van der Waals surface area contributed by atoms with E-state index in [0.717, 1.165) is 25.7 Å². The fourth-order valence-electron chi connectivity index (χ4n) is 3.71. The summed E-state index contributed by atoms with van der Waals surface area (Å²) < 4.78 is 18.2. The monoisotopic (exact) mass is 319 g/mol. The second-order valence-corrected chi connectivity index (χ2v) is 15.2. The van der Waals surface area contributed by atoms with Gasteiger partial charge in [0.25, 0.3) is 0 Å². The van der Waals surface area contributed by atoms with Crippen molar-refractivity contribution in [2.45, 2.75) is 56.1 Å². The summed E-state index contributed by atoms with van der Waals surface area (Å²) in [6, 6.07) is 0. The molecule has 0 aromatic carbocycles. The first kappa shape index (κ1) is 16.6. The molecule has 2 aliphatic carbocycles. The lowest BCUT2D eigenvalue weighted by molar-refractivity contribution is 0.101. The summed E-state index contributed by atoms with van der Waals surface area (Å²) in [5, 5.41) is -0.206. The smallest absolute Gasteiger partial charge is 0.416 e. The van der Waals surface area contributed by atoms with Crippen molar-refractivity contribution in [3.05, 3.63) is 0 Å². The van der Waals surface area contributed by atoms with Crippen LogP contribution in [0.15, 0.2) is 0 Å². The predicted octanol–water partition coefficient (Wildman–Crippen LogP) is 0.914. The Labute approximate surface area is 123 Å². The van der Waals surface area contributed by atoms with Gasteiger partial charge in [0.2, 0.25) is 0 Å². The molecule has 118 valence electrons. The third-order valence-electron chi connectivity index (χ3n) is 4.81. The van der Waals surface area contributed by atoms with Crippen LogP contribution in [0.2, 0.25) is 24.7 Å². The standard InChI is InChI=1S/C12H29N3O3Si2/c1-16-20(17-2,18-19(3,4)5)11(8-9-11)10(6-7-10)12(13,14)15/h6-9,13-15H2,1-5H3. The highest BCUT2D eigenvalue weighted by atomic mass is 28.5. The second kappa shape index (κ2) is 4.59. The molecule has 0 saturated heterocycles. The van der Waals surface area contributed by atoms with E-state index < -0.39 is 22.9 Å². The molecule has 6 nitrogen and oxygen atoms in total. The molecule has 20 heavy (non-hydrogen) atoms. The van der Waals surface area contributed by atoms with Gasteiger partial charge in [-0.25, -0.2) is 0 Å². The average Bonchev–Trinajstić information content (AvgIpc) is 3.13. The van der Waals surface area contributed by atoms with Crippen molar-refractivity contribution in [2.75, 3.05) is 14.2 Å². The van der Waals surface area contributed by atoms with Gasteiger partial charge in [-0.1, -0.05) is 0 Å². The Kier molecular flexibility index (Phi) is 3.80. The normalized spacial score (nSPS) is 24.6. The fraction of sp³-hybridized carbons (Fsp3) is 1.00. The maximum absolute atomic E-state index is 6.44. The minimum absolute atomic E-state index is 0.206. The molecule has 0 heterocycles. The zero-order chi connectivity index (χ0) is 15.4. The van der Waals surface area contributed by atoms with E-state index in [1.54, 1.807) is 14.2 Å². The zero-order valence-electron chi connectivity index (χ0n) is 13.3. The molecule has 0 unspecified atom stereocenters. The first-order valence-corrected chi connectivity index (χ1v) is 12.3. The van der Waals surface area contributed by atoms with E-state index in [0.29, 0.717) is 0 Å². The highest BCUT2D eigenvalue weighted by molar-refractivity contribution is 6.81. The summed E-state index contributed by atoms with van der Waals surface area (Å²) in [4.78, 5) is 0. The van der Waals surface area contributed by atoms with E-state index >= 15 is 0 Å². The van der Waals surface area contributed by atoms with Crippen LogP contribution in [0.5, 0.6) is 0 Å². The lowest BCUT2D eigenvalue weighted by atomic mass is 9.92. The second-order valence-electron chi connectivity index (χ2n) is 7.28. The van der Waals surface area contributed by atoms with Crippen LogP contribution in [0, 0.1) is 5.41 Å². The van der Waals surface area contributed by atoms with Gasteiger partial charge in [-0.2, -0.15) is 0 Å². The molecule has 2 rings (SSSR count). The van der Waals surface area contributed by atoms with Crippen molar-refractivity contribution in [1.29, 1.82) is 0 Å². The summed E-state index contributed by atoms with van der Waals surface area (Å²) in [6.07, 6.45) is 3.79. The molecule has 8 heteroatoms.